The Morgan fingerprint density at radius 3 is 2.78 bits per heavy atom. The number of nitrogens with zero attached hydrogens (tertiary/aromatic N) is 5. The minimum absolute atomic E-state index is 0.00164. The third kappa shape index (κ3) is 3.08. The number of hydrogen-bond acceptors (Lipinski definition) is 5. The monoisotopic (exact) mass is 315 g/mol. The Hall–Kier alpha value is -1.95. The lowest BCUT2D eigenvalue weighted by atomic mass is 9.92. The van der Waals surface area contributed by atoms with Crippen molar-refractivity contribution in [2.45, 2.75) is 51.2 Å². The molecule has 2 aromatic heterocycles. The van der Waals surface area contributed by atoms with E-state index < -0.39 is 0 Å². The molecule has 23 heavy (non-hydrogen) atoms. The second-order valence-corrected chi connectivity index (χ2v) is 6.34. The van der Waals surface area contributed by atoms with Gasteiger partial charge in [-0.15, -0.1) is 0 Å². The molecule has 1 fully saturated rings. The summed E-state index contributed by atoms with van der Waals surface area (Å²) in [5, 5.41) is 15.1. The highest BCUT2D eigenvalue weighted by atomic mass is 16.3. The molecule has 1 saturated carbocycles. The third-order valence-electron chi connectivity index (χ3n) is 4.45. The van der Waals surface area contributed by atoms with Crippen LogP contribution in [0.4, 0.5) is 5.82 Å². The van der Waals surface area contributed by atoms with Crippen LogP contribution in [0.2, 0.25) is 0 Å². The first-order valence-corrected chi connectivity index (χ1v) is 8.38. The molecule has 1 aliphatic carbocycles. The molecule has 6 nitrogen and oxygen atoms in total. The van der Waals surface area contributed by atoms with Crippen molar-refractivity contribution in [2.75, 3.05) is 19.0 Å². The Labute approximate surface area is 137 Å². The minimum Gasteiger partial charge on any atom is -0.391 e. The van der Waals surface area contributed by atoms with Gasteiger partial charge < -0.3 is 10.0 Å². The lowest BCUT2D eigenvalue weighted by Gasteiger charge is -2.29. The second kappa shape index (κ2) is 6.66. The van der Waals surface area contributed by atoms with Crippen molar-refractivity contribution in [3.8, 4) is 11.4 Å². The first-order chi connectivity index (χ1) is 11.1. The topological polar surface area (TPSA) is 67.1 Å². The number of aryl methyl sites for hydroxylation is 1. The third-order valence-corrected chi connectivity index (χ3v) is 4.45. The van der Waals surface area contributed by atoms with Crippen molar-refractivity contribution in [3.05, 3.63) is 24.2 Å². The summed E-state index contributed by atoms with van der Waals surface area (Å²) < 4.78 is 1.94. The normalized spacial score (nSPS) is 21.4. The lowest BCUT2D eigenvalue weighted by molar-refractivity contribution is 0.0700. The molecule has 0 spiro atoms. The van der Waals surface area contributed by atoms with E-state index in [0.29, 0.717) is 0 Å². The lowest BCUT2D eigenvalue weighted by Crippen LogP contribution is -2.29. The van der Waals surface area contributed by atoms with Gasteiger partial charge in [-0.3, -0.25) is 0 Å². The van der Waals surface area contributed by atoms with Gasteiger partial charge in [-0.05, 0) is 25.0 Å². The van der Waals surface area contributed by atoms with Crippen molar-refractivity contribution in [3.63, 3.8) is 0 Å². The van der Waals surface area contributed by atoms with E-state index in [4.69, 9.17) is 4.98 Å². The molecule has 0 unspecified atom stereocenters. The van der Waals surface area contributed by atoms with E-state index in [0.717, 1.165) is 55.1 Å². The van der Waals surface area contributed by atoms with Crippen LogP contribution in [-0.2, 0) is 6.42 Å². The zero-order chi connectivity index (χ0) is 16.4. The van der Waals surface area contributed by atoms with Gasteiger partial charge in [0.05, 0.1) is 17.7 Å². The van der Waals surface area contributed by atoms with Crippen LogP contribution in [0.1, 0.15) is 44.5 Å². The number of aliphatic hydroxyl groups is 1. The molecule has 0 aromatic carbocycles. The summed E-state index contributed by atoms with van der Waals surface area (Å²) >= 11 is 0. The highest BCUT2D eigenvalue weighted by Crippen LogP contribution is 2.34. The summed E-state index contributed by atoms with van der Waals surface area (Å²) in [7, 11) is 3.95. The average molecular weight is 315 g/mol. The fourth-order valence-electron chi connectivity index (χ4n) is 3.24. The van der Waals surface area contributed by atoms with Gasteiger partial charge in [0.25, 0.3) is 0 Å². The molecule has 0 amide bonds. The fraction of sp³-hybridized carbons (Fsp3) is 0.588. The van der Waals surface area contributed by atoms with E-state index in [1.807, 2.05) is 35.8 Å². The number of anilines is 1. The SMILES string of the molecule is CCc1nc(-c2cccnc2N(C)C)n([C@@H]2CCCC[C@H]2O)n1. The van der Waals surface area contributed by atoms with E-state index in [1.54, 1.807) is 6.20 Å². The number of hydrogen-bond donors (Lipinski definition) is 1. The maximum Gasteiger partial charge on any atom is 0.162 e. The molecule has 2 heterocycles. The average Bonchev–Trinajstić information content (AvgIpc) is 2.99. The van der Waals surface area contributed by atoms with Gasteiger partial charge in [-0.1, -0.05) is 19.8 Å². The Morgan fingerprint density at radius 1 is 1.30 bits per heavy atom. The molecule has 2 aromatic rings. The molecule has 1 N–H and O–H groups in total. The van der Waals surface area contributed by atoms with Crippen molar-refractivity contribution < 1.29 is 5.11 Å². The number of aliphatic hydroxyl groups excluding tert-OH is 1. The van der Waals surface area contributed by atoms with Crippen molar-refractivity contribution in [2.24, 2.45) is 0 Å². The first-order valence-electron chi connectivity index (χ1n) is 8.38. The number of rotatable bonds is 4. The molecule has 2 atom stereocenters. The van der Waals surface area contributed by atoms with Crippen LogP contribution in [0, 0.1) is 0 Å². The summed E-state index contributed by atoms with van der Waals surface area (Å²) in [6.45, 7) is 2.05. The van der Waals surface area contributed by atoms with E-state index in [2.05, 4.69) is 17.0 Å². The van der Waals surface area contributed by atoms with Gasteiger partial charge in [0.1, 0.15) is 5.82 Å². The van der Waals surface area contributed by atoms with Crippen LogP contribution in [0.25, 0.3) is 11.4 Å². The molecule has 124 valence electrons. The smallest absolute Gasteiger partial charge is 0.162 e. The maximum atomic E-state index is 10.4. The first kappa shape index (κ1) is 15.9. The van der Waals surface area contributed by atoms with Crippen LogP contribution in [0.5, 0.6) is 0 Å². The molecule has 3 rings (SSSR count). The Balaban J connectivity index is 2.10. The molecule has 1 aliphatic rings. The predicted octanol–water partition coefficient (Wildman–Crippen LogP) is 2.44. The van der Waals surface area contributed by atoms with E-state index in [-0.39, 0.29) is 12.1 Å². The van der Waals surface area contributed by atoms with Crippen LogP contribution in [0.3, 0.4) is 0 Å². The number of pyridine rings is 1. The Morgan fingerprint density at radius 2 is 2.09 bits per heavy atom. The summed E-state index contributed by atoms with van der Waals surface area (Å²) in [4.78, 5) is 11.2. The van der Waals surface area contributed by atoms with Crippen molar-refractivity contribution in [1.82, 2.24) is 19.7 Å². The quantitative estimate of drug-likeness (QED) is 0.938. The highest BCUT2D eigenvalue weighted by Gasteiger charge is 2.29. The second-order valence-electron chi connectivity index (χ2n) is 6.34. The summed E-state index contributed by atoms with van der Waals surface area (Å²) in [5.41, 5.74) is 0.961. The van der Waals surface area contributed by atoms with Crippen molar-refractivity contribution in [1.29, 1.82) is 0 Å². The van der Waals surface area contributed by atoms with Crippen LogP contribution in [-0.4, -0.2) is 45.1 Å². The van der Waals surface area contributed by atoms with Crippen molar-refractivity contribution >= 4 is 5.82 Å². The van der Waals surface area contributed by atoms with Gasteiger partial charge in [0, 0.05) is 26.7 Å². The summed E-state index contributed by atoms with van der Waals surface area (Å²) in [5.74, 6) is 2.49. The molecule has 6 heteroatoms. The van der Waals surface area contributed by atoms with Gasteiger partial charge >= 0.3 is 0 Å². The summed E-state index contributed by atoms with van der Waals surface area (Å²) in [6, 6.07) is 3.95. The zero-order valence-corrected chi connectivity index (χ0v) is 14.1. The number of aromatic nitrogens is 4. The fourth-order valence-corrected chi connectivity index (χ4v) is 3.24. The van der Waals surface area contributed by atoms with E-state index in [1.165, 1.54) is 0 Å². The van der Waals surface area contributed by atoms with Gasteiger partial charge in [-0.2, -0.15) is 5.10 Å². The molecule has 0 bridgehead atoms. The summed E-state index contributed by atoms with van der Waals surface area (Å²) in [6.07, 6.45) is 6.19. The molecule has 0 saturated heterocycles. The molecular weight excluding hydrogens is 290 g/mol. The predicted molar refractivity (Wildman–Crippen MR) is 90.5 cm³/mol. The zero-order valence-electron chi connectivity index (χ0n) is 14.1. The van der Waals surface area contributed by atoms with Crippen LogP contribution >= 0.6 is 0 Å². The van der Waals surface area contributed by atoms with Gasteiger partial charge in [0.2, 0.25) is 0 Å². The van der Waals surface area contributed by atoms with Gasteiger partial charge in [0.15, 0.2) is 11.6 Å². The van der Waals surface area contributed by atoms with E-state index >= 15 is 0 Å². The standard InChI is InChI=1S/C17H25N5O/c1-4-15-19-17(12-8-7-11-18-16(12)21(2)3)22(20-15)13-9-5-6-10-14(13)23/h7-8,11,13-14,23H,4-6,9-10H2,1-3H3/t13-,14-/m1/s1. The molecular formula is C17H25N5O. The van der Waals surface area contributed by atoms with Gasteiger partial charge in [-0.25, -0.2) is 14.6 Å². The highest BCUT2D eigenvalue weighted by molar-refractivity contribution is 5.70. The largest absolute Gasteiger partial charge is 0.391 e. The molecule has 0 radical (unpaired) electrons. The Kier molecular flexibility index (Phi) is 4.61. The van der Waals surface area contributed by atoms with Crippen LogP contribution in [0.15, 0.2) is 18.3 Å². The van der Waals surface area contributed by atoms with E-state index in [9.17, 15) is 5.11 Å². The Bertz CT molecular complexity index is 667. The minimum atomic E-state index is -0.353. The van der Waals surface area contributed by atoms with Crippen LogP contribution < -0.4 is 4.90 Å². The maximum absolute atomic E-state index is 10.4. The molecule has 0 aliphatic heterocycles.